The lowest BCUT2D eigenvalue weighted by Crippen LogP contribution is -2.54. The number of hydrogen-bond donors (Lipinski definition) is 4. The molecule has 6 amide bonds. The van der Waals surface area contributed by atoms with E-state index in [9.17, 15) is 19.8 Å². The van der Waals surface area contributed by atoms with Gasteiger partial charge in [0.05, 0.1) is 35.5 Å². The van der Waals surface area contributed by atoms with E-state index >= 15 is 19.2 Å². The van der Waals surface area contributed by atoms with Crippen molar-refractivity contribution in [1.29, 1.82) is 0 Å². The first-order chi connectivity index (χ1) is 45.1. The number of hydrogen-bond acceptors (Lipinski definition) is 12. The molecule has 2 heterocycles. The van der Waals surface area contributed by atoms with Crippen LogP contribution in [0.15, 0.2) is 158 Å². The van der Waals surface area contributed by atoms with Gasteiger partial charge in [0.15, 0.2) is 0 Å². The summed E-state index contributed by atoms with van der Waals surface area (Å²) in [4.78, 5) is 94.7. The van der Waals surface area contributed by atoms with Gasteiger partial charge in [-0.3, -0.25) is 38.6 Å². The van der Waals surface area contributed by atoms with Crippen LogP contribution in [-0.4, -0.2) is 80.8 Å². The number of amides is 6. The molecule has 0 fully saturated rings. The van der Waals surface area contributed by atoms with Crippen molar-refractivity contribution in [2.24, 2.45) is 0 Å². The number of nitrogens with one attached hydrogen (secondary N) is 2. The molecule has 472 valence electrons. The van der Waals surface area contributed by atoms with Crippen LogP contribution in [0.25, 0.3) is 43.1 Å². The summed E-state index contributed by atoms with van der Waals surface area (Å²) >= 11 is 0. The normalized spacial score (nSPS) is 13.6. The van der Waals surface area contributed by atoms with Gasteiger partial charge in [-0.15, -0.1) is 0 Å². The first kappa shape index (κ1) is 61.9. The summed E-state index contributed by atoms with van der Waals surface area (Å²) in [6.45, 7) is 17.7. The fourth-order valence-corrected chi connectivity index (χ4v) is 12.7. The second-order valence-electron chi connectivity index (χ2n) is 25.1. The molecule has 0 saturated carbocycles. The maximum atomic E-state index is 15.9. The molecule has 11 aromatic rings. The number of benzene rings is 11. The zero-order valence-electron chi connectivity index (χ0n) is 53.6. The van der Waals surface area contributed by atoms with Gasteiger partial charge < -0.3 is 39.8 Å². The Morgan fingerprint density at radius 1 is 0.362 bits per heavy atom. The molecule has 13 rings (SSSR count). The molecular weight excluding hydrogens is 1180 g/mol. The average molecular weight is 1250 g/mol. The molecule has 2 atom stereocenters. The minimum atomic E-state index is -1.75. The van der Waals surface area contributed by atoms with Gasteiger partial charge >= 0.3 is 0 Å². The third-order valence-corrected chi connectivity index (χ3v) is 17.9. The van der Waals surface area contributed by atoms with Crippen molar-refractivity contribution in [3.63, 3.8) is 0 Å². The number of fused-ring (bicyclic) bond motifs is 2. The van der Waals surface area contributed by atoms with Gasteiger partial charge in [-0.1, -0.05) is 123 Å². The van der Waals surface area contributed by atoms with Crippen LogP contribution in [0.2, 0.25) is 0 Å². The van der Waals surface area contributed by atoms with Crippen molar-refractivity contribution in [1.82, 2.24) is 9.80 Å². The Labute approximate surface area is 542 Å². The highest BCUT2D eigenvalue weighted by atomic mass is 16.5. The molecule has 0 bridgehead atoms. The van der Waals surface area contributed by atoms with Crippen LogP contribution >= 0.6 is 0 Å². The summed E-state index contributed by atoms with van der Waals surface area (Å²) < 4.78 is 28.3. The zero-order chi connectivity index (χ0) is 66.3. The average Bonchev–Trinajstić information content (AvgIpc) is 0.688. The highest BCUT2D eigenvalue weighted by Crippen LogP contribution is 2.58. The van der Waals surface area contributed by atoms with Gasteiger partial charge in [0.1, 0.15) is 58.1 Å². The van der Waals surface area contributed by atoms with Crippen LogP contribution in [0.3, 0.4) is 0 Å². The van der Waals surface area contributed by atoms with E-state index in [2.05, 4.69) is 38.3 Å². The zero-order valence-corrected chi connectivity index (χ0v) is 53.6. The molecular formula is C78H68N4O12. The Kier molecular flexibility index (Phi) is 16.0. The Morgan fingerprint density at radius 2 is 0.617 bits per heavy atom. The molecule has 0 saturated heterocycles. The third-order valence-electron chi connectivity index (χ3n) is 17.9. The van der Waals surface area contributed by atoms with Crippen molar-refractivity contribution < 1.29 is 57.9 Å². The van der Waals surface area contributed by atoms with E-state index in [0.29, 0.717) is 34.4 Å². The fraction of sp³-hybridized carbons (Fsp3) is 0.205. The van der Waals surface area contributed by atoms with Crippen molar-refractivity contribution in [3.8, 4) is 46.0 Å². The lowest BCUT2D eigenvalue weighted by molar-refractivity contribution is -0.121. The van der Waals surface area contributed by atoms with Crippen molar-refractivity contribution >= 4 is 89.9 Å². The van der Waals surface area contributed by atoms with Gasteiger partial charge in [-0.25, -0.2) is 0 Å². The second kappa shape index (κ2) is 24.3. The molecule has 0 spiro atoms. The number of carbonyl (C=O) groups is 6. The van der Waals surface area contributed by atoms with Crippen LogP contribution in [0.1, 0.15) is 125 Å². The van der Waals surface area contributed by atoms with Gasteiger partial charge in [0, 0.05) is 54.5 Å². The highest BCUT2D eigenvalue weighted by molar-refractivity contribution is 6.45. The summed E-state index contributed by atoms with van der Waals surface area (Å²) in [5.74, 6) is -3.56. The number of imide groups is 2. The van der Waals surface area contributed by atoms with Gasteiger partial charge in [-0.05, 0) is 161 Å². The smallest absolute Gasteiger partial charge is 0.262 e. The molecule has 2 unspecified atom stereocenters. The number of anilines is 2. The second-order valence-corrected chi connectivity index (χ2v) is 25.1. The maximum absolute atomic E-state index is 15.9. The van der Waals surface area contributed by atoms with Crippen LogP contribution in [0.4, 0.5) is 11.4 Å². The Balaban J connectivity index is 1.14. The standard InChI is InChI=1S/C78H68N4O12/c1-39(2)47-19-29-57(45(9)31-47)79-73(85)59(37-83)81-75(87)53-33-61(91-49-21-11-41(5)12-22-49)67-69-63(93-51-25-15-43(7)16-26-51)35-55-66-56(78(90)82(77(55)89)60(38-84)74(86)80-58-30-20-48(40(3)4)32-46(58)10)36-64(94-52-27-17-44(8)18-28-52)70(72(66)69)68-62(92-50-23-13-42(6)14-24-50)34-54(76(81)88)65(53)71(67)68/h11-36,39-40,59-60,83-84H,37-38H2,1-10H3,(H,79,85)(H,80,86). The number of carbonyl (C=O) groups excluding carboxylic acids is 6. The monoisotopic (exact) mass is 1250 g/mol. The molecule has 16 nitrogen and oxygen atoms in total. The van der Waals surface area contributed by atoms with Crippen molar-refractivity contribution in [2.45, 2.75) is 93.2 Å². The molecule has 11 aromatic carbocycles. The van der Waals surface area contributed by atoms with E-state index in [1.807, 2.05) is 114 Å². The number of rotatable bonds is 18. The van der Waals surface area contributed by atoms with Gasteiger partial charge in [-0.2, -0.15) is 0 Å². The summed E-state index contributed by atoms with van der Waals surface area (Å²) in [6, 6.07) is 42.5. The molecule has 2 aliphatic heterocycles. The molecule has 4 N–H and O–H groups in total. The first-order valence-corrected chi connectivity index (χ1v) is 31.3. The quantitative estimate of drug-likeness (QED) is 0.0359. The molecule has 0 aliphatic carbocycles. The highest BCUT2D eigenvalue weighted by Gasteiger charge is 2.46. The summed E-state index contributed by atoms with van der Waals surface area (Å²) in [5, 5.41) is 30.1. The Morgan fingerprint density at radius 3 is 0.840 bits per heavy atom. The van der Waals surface area contributed by atoms with Crippen molar-refractivity contribution in [3.05, 3.63) is 224 Å². The van der Waals surface area contributed by atoms with E-state index in [1.54, 1.807) is 60.7 Å². The summed E-state index contributed by atoms with van der Waals surface area (Å²) in [7, 11) is 0. The first-order valence-electron chi connectivity index (χ1n) is 31.3. The lowest BCUT2D eigenvalue weighted by Gasteiger charge is -2.35. The van der Waals surface area contributed by atoms with Gasteiger partial charge in [0.25, 0.3) is 23.6 Å². The Bertz CT molecular complexity index is 4430. The predicted molar refractivity (Wildman–Crippen MR) is 363 cm³/mol. The molecule has 0 radical (unpaired) electrons. The minimum absolute atomic E-state index is 0.0319. The Hall–Kier alpha value is -10.9. The van der Waals surface area contributed by atoms with Gasteiger partial charge in [0.2, 0.25) is 11.8 Å². The summed E-state index contributed by atoms with van der Waals surface area (Å²) in [5.41, 5.74) is 7.69. The molecule has 16 heteroatoms. The van der Waals surface area contributed by atoms with Crippen LogP contribution in [0, 0.1) is 41.5 Å². The number of ether oxygens (including phenoxy) is 4. The van der Waals surface area contributed by atoms with Crippen LogP contribution in [0.5, 0.6) is 46.0 Å². The third kappa shape index (κ3) is 10.8. The fourth-order valence-electron chi connectivity index (χ4n) is 12.7. The van der Waals surface area contributed by atoms with E-state index in [1.165, 1.54) is 24.3 Å². The predicted octanol–water partition coefficient (Wildman–Crippen LogP) is 16.2. The maximum Gasteiger partial charge on any atom is 0.262 e. The van der Waals surface area contributed by atoms with Crippen LogP contribution in [-0.2, 0) is 9.59 Å². The van der Waals surface area contributed by atoms with Crippen molar-refractivity contribution in [2.75, 3.05) is 23.8 Å². The lowest BCUT2D eigenvalue weighted by atomic mass is 9.80. The van der Waals surface area contributed by atoms with E-state index in [0.717, 1.165) is 54.3 Å². The largest absolute Gasteiger partial charge is 0.457 e. The van der Waals surface area contributed by atoms with E-state index in [4.69, 9.17) is 18.9 Å². The number of aliphatic hydroxyl groups is 2. The topological polar surface area (TPSA) is 210 Å². The number of aliphatic hydroxyl groups excluding tert-OH is 2. The van der Waals surface area contributed by atoms with Crippen LogP contribution < -0.4 is 29.6 Å². The van der Waals surface area contributed by atoms with E-state index in [-0.39, 0.29) is 100 Å². The number of nitrogens with zero attached hydrogens (tertiary/aromatic N) is 2. The molecule has 94 heavy (non-hydrogen) atoms. The molecule has 2 aliphatic rings. The number of aryl methyl sites for hydroxylation is 6. The SMILES string of the molecule is Cc1ccc(Oc2cc3c4c(cc(Oc5ccc(C)cc5)c5c6c(Oc7ccc(C)cc7)cc7c8c(cc(Oc9ccc(C)cc9)c(c2c45)c86)C(=O)N(C(CO)C(=O)Nc2ccc(C(C)C)cc2C)C7=O)C(=O)N(C(CO)C(=O)Nc2ccc(C(C)C)cc2C)C3=O)cc1. The minimum Gasteiger partial charge on any atom is -0.457 e. The van der Waals surface area contributed by atoms with E-state index < -0.39 is 60.7 Å². The molecule has 0 aromatic heterocycles. The summed E-state index contributed by atoms with van der Waals surface area (Å²) in [6.07, 6.45) is 0.